The second-order valence-corrected chi connectivity index (χ2v) is 4.51. The molecule has 0 saturated heterocycles. The van der Waals surface area contributed by atoms with Crippen LogP contribution in [0.3, 0.4) is 0 Å². The Morgan fingerprint density at radius 2 is 2.12 bits per heavy atom. The first-order valence-corrected chi connectivity index (χ1v) is 6.36. The van der Waals surface area contributed by atoms with Crippen molar-refractivity contribution < 1.29 is 9.47 Å². The highest BCUT2D eigenvalue weighted by molar-refractivity contribution is 5.32. The van der Waals surface area contributed by atoms with Crippen LogP contribution in [0.5, 0.6) is 11.5 Å². The number of hydrogen-bond acceptors (Lipinski definition) is 3. The van der Waals surface area contributed by atoms with Gasteiger partial charge in [-0.15, -0.1) is 0 Å². The Morgan fingerprint density at radius 1 is 1.35 bits per heavy atom. The third-order valence-corrected chi connectivity index (χ3v) is 3.01. The molecule has 1 unspecified atom stereocenters. The SMILES string of the molecule is CCC(CNC1CC1)Oc1cccc(OC)c1. The fourth-order valence-corrected chi connectivity index (χ4v) is 1.72. The van der Waals surface area contributed by atoms with E-state index < -0.39 is 0 Å². The van der Waals surface area contributed by atoms with Gasteiger partial charge in [0, 0.05) is 18.7 Å². The van der Waals surface area contributed by atoms with E-state index in [1.807, 2.05) is 24.3 Å². The van der Waals surface area contributed by atoms with Gasteiger partial charge in [-0.05, 0) is 31.4 Å². The van der Waals surface area contributed by atoms with Crippen molar-refractivity contribution in [2.24, 2.45) is 0 Å². The minimum Gasteiger partial charge on any atom is -0.497 e. The van der Waals surface area contributed by atoms with Crippen molar-refractivity contribution in [1.29, 1.82) is 0 Å². The van der Waals surface area contributed by atoms with Gasteiger partial charge in [-0.1, -0.05) is 13.0 Å². The van der Waals surface area contributed by atoms with E-state index in [4.69, 9.17) is 9.47 Å². The molecule has 0 bridgehead atoms. The summed E-state index contributed by atoms with van der Waals surface area (Å²) in [5, 5.41) is 3.50. The van der Waals surface area contributed by atoms with Crippen LogP contribution in [0.25, 0.3) is 0 Å². The summed E-state index contributed by atoms with van der Waals surface area (Å²) in [5.74, 6) is 1.72. The highest BCUT2D eigenvalue weighted by Crippen LogP contribution is 2.22. The molecule has 17 heavy (non-hydrogen) atoms. The van der Waals surface area contributed by atoms with Crippen molar-refractivity contribution in [3.8, 4) is 11.5 Å². The normalized spacial score (nSPS) is 16.6. The average Bonchev–Trinajstić information content (AvgIpc) is 3.18. The van der Waals surface area contributed by atoms with Crippen molar-refractivity contribution in [3.05, 3.63) is 24.3 Å². The van der Waals surface area contributed by atoms with Gasteiger partial charge in [-0.3, -0.25) is 0 Å². The third-order valence-electron chi connectivity index (χ3n) is 3.01. The van der Waals surface area contributed by atoms with Gasteiger partial charge < -0.3 is 14.8 Å². The Bertz CT molecular complexity index is 350. The minimum absolute atomic E-state index is 0.239. The lowest BCUT2D eigenvalue weighted by molar-refractivity contribution is 0.192. The van der Waals surface area contributed by atoms with Crippen molar-refractivity contribution in [2.45, 2.75) is 38.3 Å². The first-order chi connectivity index (χ1) is 8.31. The summed E-state index contributed by atoms with van der Waals surface area (Å²) in [6.07, 6.45) is 3.88. The summed E-state index contributed by atoms with van der Waals surface area (Å²) in [7, 11) is 1.67. The summed E-state index contributed by atoms with van der Waals surface area (Å²) in [4.78, 5) is 0. The van der Waals surface area contributed by atoms with Crippen molar-refractivity contribution >= 4 is 0 Å². The Kier molecular flexibility index (Phi) is 4.26. The lowest BCUT2D eigenvalue weighted by Crippen LogP contribution is -2.32. The third kappa shape index (κ3) is 3.93. The summed E-state index contributed by atoms with van der Waals surface area (Å²) in [6, 6.07) is 8.52. The molecular formula is C14H21NO2. The maximum absolute atomic E-state index is 5.94. The van der Waals surface area contributed by atoms with Crippen molar-refractivity contribution in [3.63, 3.8) is 0 Å². The van der Waals surface area contributed by atoms with Gasteiger partial charge in [0.25, 0.3) is 0 Å². The fourth-order valence-electron chi connectivity index (χ4n) is 1.72. The lowest BCUT2D eigenvalue weighted by Gasteiger charge is -2.18. The standard InChI is InChI=1S/C14H21NO2/c1-3-12(10-15-11-7-8-11)17-14-6-4-5-13(9-14)16-2/h4-6,9,11-12,15H,3,7-8,10H2,1-2H3. The largest absolute Gasteiger partial charge is 0.497 e. The molecule has 1 atom stereocenters. The molecule has 0 heterocycles. The number of benzene rings is 1. The zero-order valence-electron chi connectivity index (χ0n) is 10.6. The minimum atomic E-state index is 0.239. The van der Waals surface area contributed by atoms with E-state index in [0.29, 0.717) is 0 Å². The summed E-state index contributed by atoms with van der Waals surface area (Å²) in [6.45, 7) is 3.08. The zero-order valence-corrected chi connectivity index (χ0v) is 10.6. The number of hydrogen-bond donors (Lipinski definition) is 1. The van der Waals surface area contributed by atoms with Crippen LogP contribution in [0.15, 0.2) is 24.3 Å². The predicted octanol–water partition coefficient (Wildman–Crippen LogP) is 2.60. The molecule has 3 heteroatoms. The highest BCUT2D eigenvalue weighted by atomic mass is 16.5. The molecular weight excluding hydrogens is 214 g/mol. The van der Waals surface area contributed by atoms with Gasteiger partial charge >= 0.3 is 0 Å². The van der Waals surface area contributed by atoms with Gasteiger partial charge in [0.1, 0.15) is 17.6 Å². The van der Waals surface area contributed by atoms with E-state index in [1.54, 1.807) is 7.11 Å². The lowest BCUT2D eigenvalue weighted by atomic mass is 10.2. The Hall–Kier alpha value is -1.22. The molecule has 0 aliphatic heterocycles. The molecule has 1 aromatic carbocycles. The zero-order chi connectivity index (χ0) is 12.1. The van der Waals surface area contributed by atoms with Gasteiger partial charge in [0.15, 0.2) is 0 Å². The summed E-state index contributed by atoms with van der Waals surface area (Å²) < 4.78 is 11.1. The molecule has 3 nitrogen and oxygen atoms in total. The number of methoxy groups -OCH3 is 1. The van der Waals surface area contributed by atoms with E-state index in [0.717, 1.165) is 30.5 Å². The van der Waals surface area contributed by atoms with E-state index >= 15 is 0 Å². The first-order valence-electron chi connectivity index (χ1n) is 6.36. The topological polar surface area (TPSA) is 30.5 Å². The number of nitrogens with one attached hydrogen (secondary N) is 1. The Balaban J connectivity index is 1.86. The van der Waals surface area contributed by atoms with Gasteiger partial charge in [-0.25, -0.2) is 0 Å². The highest BCUT2D eigenvalue weighted by Gasteiger charge is 2.21. The van der Waals surface area contributed by atoms with E-state index in [1.165, 1.54) is 12.8 Å². The first kappa shape index (κ1) is 12.2. The molecule has 1 N–H and O–H groups in total. The number of rotatable bonds is 7. The quantitative estimate of drug-likeness (QED) is 0.788. The number of ether oxygens (including phenoxy) is 2. The molecule has 0 radical (unpaired) electrons. The fraction of sp³-hybridized carbons (Fsp3) is 0.571. The van der Waals surface area contributed by atoms with Crippen LogP contribution < -0.4 is 14.8 Å². The molecule has 94 valence electrons. The van der Waals surface area contributed by atoms with Crippen molar-refractivity contribution in [2.75, 3.05) is 13.7 Å². The van der Waals surface area contributed by atoms with E-state index in [-0.39, 0.29) is 6.10 Å². The van der Waals surface area contributed by atoms with E-state index in [9.17, 15) is 0 Å². The van der Waals surface area contributed by atoms with Crippen LogP contribution in [-0.4, -0.2) is 25.8 Å². The molecule has 0 spiro atoms. The molecule has 1 aliphatic rings. The monoisotopic (exact) mass is 235 g/mol. The summed E-state index contributed by atoms with van der Waals surface area (Å²) in [5.41, 5.74) is 0. The second kappa shape index (κ2) is 5.92. The molecule has 0 aromatic heterocycles. The van der Waals surface area contributed by atoms with E-state index in [2.05, 4.69) is 12.2 Å². The van der Waals surface area contributed by atoms with Gasteiger partial charge in [-0.2, -0.15) is 0 Å². The molecule has 1 fully saturated rings. The maximum atomic E-state index is 5.94. The van der Waals surface area contributed by atoms with Crippen LogP contribution in [0.4, 0.5) is 0 Å². The Labute approximate surface area is 103 Å². The van der Waals surface area contributed by atoms with Crippen molar-refractivity contribution in [1.82, 2.24) is 5.32 Å². The second-order valence-electron chi connectivity index (χ2n) is 4.51. The van der Waals surface area contributed by atoms with Crippen LogP contribution in [0.2, 0.25) is 0 Å². The maximum Gasteiger partial charge on any atom is 0.123 e. The van der Waals surface area contributed by atoms with Gasteiger partial charge in [0.2, 0.25) is 0 Å². The smallest absolute Gasteiger partial charge is 0.123 e. The molecule has 0 amide bonds. The average molecular weight is 235 g/mol. The summed E-state index contributed by atoms with van der Waals surface area (Å²) >= 11 is 0. The molecule has 1 aromatic rings. The Morgan fingerprint density at radius 3 is 2.76 bits per heavy atom. The molecule has 1 aliphatic carbocycles. The predicted molar refractivity (Wildman–Crippen MR) is 68.7 cm³/mol. The van der Waals surface area contributed by atoms with Gasteiger partial charge in [0.05, 0.1) is 7.11 Å². The van der Waals surface area contributed by atoms with Crippen LogP contribution >= 0.6 is 0 Å². The molecule has 2 rings (SSSR count). The van der Waals surface area contributed by atoms with Crippen LogP contribution in [-0.2, 0) is 0 Å². The van der Waals surface area contributed by atoms with Crippen LogP contribution in [0, 0.1) is 0 Å². The van der Waals surface area contributed by atoms with Crippen LogP contribution in [0.1, 0.15) is 26.2 Å². The molecule has 1 saturated carbocycles.